The van der Waals surface area contributed by atoms with Gasteiger partial charge in [-0.1, -0.05) is 28.9 Å². The summed E-state index contributed by atoms with van der Waals surface area (Å²) < 4.78 is 11.7. The molecule has 0 saturated carbocycles. The summed E-state index contributed by atoms with van der Waals surface area (Å²) in [4.78, 5) is 12.1. The molecule has 23 heavy (non-hydrogen) atoms. The third-order valence-corrected chi connectivity index (χ3v) is 4.02. The number of hydrogen-bond acceptors (Lipinski definition) is 4. The fourth-order valence-corrected chi connectivity index (χ4v) is 2.80. The van der Waals surface area contributed by atoms with Gasteiger partial charge in [0.05, 0.1) is 18.1 Å². The first-order valence-corrected chi connectivity index (χ1v) is 7.30. The monoisotopic (exact) mass is 326 g/mol. The second kappa shape index (κ2) is 5.14. The summed E-state index contributed by atoms with van der Waals surface area (Å²) in [7, 11) is 1.60. The topological polar surface area (TPSA) is 56.7 Å². The lowest BCUT2D eigenvalue weighted by molar-refractivity contribution is 0.352. The summed E-state index contributed by atoms with van der Waals surface area (Å²) in [6.07, 6.45) is 0. The SMILES string of the molecule is COc1ccc2c(c1)cc1c(-c3ccc(Cl)cc3)noc(=O)n12. The number of hydrogen-bond donors (Lipinski definition) is 0. The molecule has 0 N–H and O–H groups in total. The number of benzene rings is 2. The fourth-order valence-electron chi connectivity index (χ4n) is 2.67. The number of ether oxygens (including phenoxy) is 1. The van der Waals surface area contributed by atoms with Crippen molar-refractivity contribution in [2.45, 2.75) is 0 Å². The van der Waals surface area contributed by atoms with E-state index in [4.69, 9.17) is 20.9 Å². The van der Waals surface area contributed by atoms with E-state index in [0.717, 1.165) is 22.2 Å². The van der Waals surface area contributed by atoms with E-state index in [1.807, 2.05) is 30.3 Å². The summed E-state index contributed by atoms with van der Waals surface area (Å²) in [6, 6.07) is 14.6. The van der Waals surface area contributed by atoms with Crippen molar-refractivity contribution in [2.75, 3.05) is 7.11 Å². The number of methoxy groups -OCH3 is 1. The number of nitrogens with zero attached hydrogens (tertiary/aromatic N) is 2. The van der Waals surface area contributed by atoms with Crippen molar-refractivity contribution in [3.05, 3.63) is 64.1 Å². The van der Waals surface area contributed by atoms with Crippen molar-refractivity contribution >= 4 is 28.0 Å². The second-order valence-corrected chi connectivity index (χ2v) is 5.53. The average Bonchev–Trinajstić information content (AvgIpc) is 2.95. The molecule has 0 aliphatic rings. The number of rotatable bonds is 2. The Morgan fingerprint density at radius 2 is 1.87 bits per heavy atom. The van der Waals surface area contributed by atoms with Crippen molar-refractivity contribution in [2.24, 2.45) is 0 Å². The number of fused-ring (bicyclic) bond motifs is 3. The van der Waals surface area contributed by atoms with Gasteiger partial charge in [-0.25, -0.2) is 9.20 Å². The molecule has 0 radical (unpaired) electrons. The van der Waals surface area contributed by atoms with Gasteiger partial charge >= 0.3 is 5.76 Å². The first-order valence-electron chi connectivity index (χ1n) is 6.92. The highest BCUT2D eigenvalue weighted by Gasteiger charge is 2.14. The fraction of sp³-hybridized carbons (Fsp3) is 0.0588. The maximum atomic E-state index is 12.1. The minimum absolute atomic E-state index is 0.530. The molecule has 2 heterocycles. The molecule has 5 nitrogen and oxygen atoms in total. The highest BCUT2D eigenvalue weighted by Crippen LogP contribution is 2.29. The van der Waals surface area contributed by atoms with Gasteiger partial charge in [0.2, 0.25) is 0 Å². The van der Waals surface area contributed by atoms with Crippen LogP contribution in [0.4, 0.5) is 0 Å². The molecule has 0 fully saturated rings. The maximum absolute atomic E-state index is 12.1. The van der Waals surface area contributed by atoms with Crippen LogP contribution in [0, 0.1) is 0 Å². The van der Waals surface area contributed by atoms with Gasteiger partial charge in [-0.3, -0.25) is 4.52 Å². The van der Waals surface area contributed by atoms with Crippen LogP contribution in [0.15, 0.2) is 57.8 Å². The Morgan fingerprint density at radius 3 is 2.61 bits per heavy atom. The van der Waals surface area contributed by atoms with Gasteiger partial charge in [0.25, 0.3) is 0 Å². The van der Waals surface area contributed by atoms with Crippen molar-refractivity contribution < 1.29 is 9.26 Å². The molecule has 4 rings (SSSR count). The smallest absolute Gasteiger partial charge is 0.445 e. The summed E-state index contributed by atoms with van der Waals surface area (Å²) in [5, 5.41) is 5.47. The Balaban J connectivity index is 2.08. The van der Waals surface area contributed by atoms with E-state index in [0.29, 0.717) is 16.2 Å². The van der Waals surface area contributed by atoms with Crippen LogP contribution < -0.4 is 10.5 Å². The van der Waals surface area contributed by atoms with Crippen molar-refractivity contribution in [1.82, 2.24) is 9.56 Å². The normalized spacial score (nSPS) is 11.2. The van der Waals surface area contributed by atoms with E-state index in [9.17, 15) is 4.79 Å². The average molecular weight is 327 g/mol. The standard InChI is InChI=1S/C17H11ClN2O3/c1-22-13-6-7-14-11(8-13)9-15-16(19-23-17(21)20(14)15)10-2-4-12(18)5-3-10/h2-9H,1H3. The highest BCUT2D eigenvalue weighted by atomic mass is 35.5. The van der Waals surface area contributed by atoms with Crippen molar-refractivity contribution in [3.63, 3.8) is 0 Å². The maximum Gasteiger partial charge on any atom is 0.445 e. The summed E-state index contributed by atoms with van der Waals surface area (Å²) in [5.41, 5.74) is 2.81. The minimum atomic E-state index is -0.530. The predicted octanol–water partition coefficient (Wildman–Crippen LogP) is 3.77. The Bertz CT molecular complexity index is 1080. The zero-order valence-corrected chi connectivity index (χ0v) is 12.9. The van der Waals surface area contributed by atoms with Crippen LogP contribution in [-0.2, 0) is 0 Å². The predicted molar refractivity (Wildman–Crippen MR) is 88.2 cm³/mol. The lowest BCUT2D eigenvalue weighted by Crippen LogP contribution is -2.12. The molecule has 4 aromatic rings. The third kappa shape index (κ3) is 2.17. The number of aromatic nitrogens is 2. The van der Waals surface area contributed by atoms with Crippen LogP contribution >= 0.6 is 11.6 Å². The molecule has 2 aromatic heterocycles. The van der Waals surface area contributed by atoms with Crippen LogP contribution in [0.25, 0.3) is 27.7 Å². The molecule has 0 unspecified atom stereocenters. The minimum Gasteiger partial charge on any atom is -0.497 e. The molecule has 6 heteroatoms. The molecular formula is C17H11ClN2O3. The third-order valence-electron chi connectivity index (χ3n) is 3.77. The molecule has 0 spiro atoms. The Hall–Kier alpha value is -2.79. The van der Waals surface area contributed by atoms with E-state index in [-0.39, 0.29) is 0 Å². The molecule has 0 amide bonds. The van der Waals surface area contributed by atoms with Crippen LogP contribution in [-0.4, -0.2) is 16.7 Å². The zero-order valence-electron chi connectivity index (χ0n) is 12.1. The van der Waals surface area contributed by atoms with E-state index < -0.39 is 5.76 Å². The van der Waals surface area contributed by atoms with Crippen LogP contribution in [0.2, 0.25) is 5.02 Å². The highest BCUT2D eigenvalue weighted by molar-refractivity contribution is 6.30. The molecule has 0 atom stereocenters. The molecule has 0 aliphatic heterocycles. The van der Waals surface area contributed by atoms with Crippen LogP contribution in [0.1, 0.15) is 0 Å². The summed E-state index contributed by atoms with van der Waals surface area (Å²) >= 11 is 5.93. The molecule has 0 bridgehead atoms. The lowest BCUT2D eigenvalue weighted by atomic mass is 10.1. The summed E-state index contributed by atoms with van der Waals surface area (Å²) in [5.74, 6) is 0.191. The molecule has 114 valence electrons. The first-order chi connectivity index (χ1) is 11.2. The Morgan fingerprint density at radius 1 is 1.09 bits per heavy atom. The molecular weight excluding hydrogens is 316 g/mol. The van der Waals surface area contributed by atoms with Gasteiger partial charge in [0, 0.05) is 16.0 Å². The Kier molecular flexibility index (Phi) is 3.09. The van der Waals surface area contributed by atoms with E-state index in [1.165, 1.54) is 4.40 Å². The number of halogens is 1. The van der Waals surface area contributed by atoms with Crippen LogP contribution in [0.3, 0.4) is 0 Å². The zero-order chi connectivity index (χ0) is 16.0. The quantitative estimate of drug-likeness (QED) is 0.562. The van der Waals surface area contributed by atoms with Gasteiger partial charge in [-0.2, -0.15) is 0 Å². The van der Waals surface area contributed by atoms with Gasteiger partial charge < -0.3 is 4.74 Å². The van der Waals surface area contributed by atoms with Gasteiger partial charge in [0.15, 0.2) is 0 Å². The molecule has 2 aromatic carbocycles. The van der Waals surface area contributed by atoms with Crippen molar-refractivity contribution in [3.8, 4) is 17.0 Å². The van der Waals surface area contributed by atoms with Crippen molar-refractivity contribution in [1.29, 1.82) is 0 Å². The largest absolute Gasteiger partial charge is 0.497 e. The lowest BCUT2D eigenvalue weighted by Gasteiger charge is -2.02. The van der Waals surface area contributed by atoms with E-state index >= 15 is 0 Å². The van der Waals surface area contributed by atoms with E-state index in [2.05, 4.69) is 5.16 Å². The molecule has 0 aliphatic carbocycles. The molecule has 0 saturated heterocycles. The van der Waals surface area contributed by atoms with E-state index in [1.54, 1.807) is 25.3 Å². The van der Waals surface area contributed by atoms with Gasteiger partial charge in [-0.05, 0) is 36.4 Å². The second-order valence-electron chi connectivity index (χ2n) is 5.09. The summed E-state index contributed by atoms with van der Waals surface area (Å²) in [6.45, 7) is 0. The van der Waals surface area contributed by atoms with Crippen LogP contribution in [0.5, 0.6) is 5.75 Å². The first kappa shape index (κ1) is 13.8. The van der Waals surface area contributed by atoms with Gasteiger partial charge in [-0.15, -0.1) is 0 Å². The van der Waals surface area contributed by atoms with Gasteiger partial charge in [0.1, 0.15) is 11.4 Å². The Labute approximate surface area is 135 Å².